The lowest BCUT2D eigenvalue weighted by Crippen LogP contribution is -2.37. The molecule has 0 aliphatic heterocycles. The molecular formula is C9H19N3O8S2. The van der Waals surface area contributed by atoms with Gasteiger partial charge in [0.1, 0.15) is 6.04 Å². The summed E-state index contributed by atoms with van der Waals surface area (Å²) < 4.78 is 47.5. The van der Waals surface area contributed by atoms with Gasteiger partial charge in [-0.2, -0.15) is 8.42 Å². The molecule has 22 heavy (non-hydrogen) atoms. The van der Waals surface area contributed by atoms with E-state index in [2.05, 4.69) is 4.98 Å². The molecule has 0 fully saturated rings. The molecule has 130 valence electrons. The monoisotopic (exact) mass is 361 g/mol. The van der Waals surface area contributed by atoms with Gasteiger partial charge in [-0.1, -0.05) is 0 Å². The van der Waals surface area contributed by atoms with Gasteiger partial charge in [-0.15, -0.1) is 0 Å². The first-order valence-corrected chi connectivity index (χ1v) is 7.56. The molecule has 0 radical (unpaired) electrons. The summed E-state index contributed by atoms with van der Waals surface area (Å²) in [5.74, 6) is -0.819. The molecular weight excluding hydrogens is 342 g/mol. The number of aromatic nitrogens is 2. The van der Waals surface area contributed by atoms with E-state index < -0.39 is 34.7 Å². The summed E-state index contributed by atoms with van der Waals surface area (Å²) in [6, 6.07) is -0.509. The average molecular weight is 361 g/mol. The highest BCUT2D eigenvalue weighted by Gasteiger charge is 2.20. The molecule has 1 atom stereocenters. The quantitative estimate of drug-likeness (QED) is 0.433. The molecule has 1 heterocycles. The summed E-state index contributed by atoms with van der Waals surface area (Å²) in [5, 5.41) is 8.94. The van der Waals surface area contributed by atoms with Crippen LogP contribution in [-0.2, 0) is 41.0 Å². The minimum atomic E-state index is -2.61. The van der Waals surface area contributed by atoms with Gasteiger partial charge in [0.2, 0.25) is 0 Å². The van der Waals surface area contributed by atoms with Gasteiger partial charge in [0.05, 0.1) is 12.0 Å². The van der Waals surface area contributed by atoms with Crippen LogP contribution < -0.4 is 0 Å². The molecule has 1 rings (SSSR count). The van der Waals surface area contributed by atoms with E-state index in [1.165, 1.54) is 0 Å². The Morgan fingerprint density at radius 3 is 1.91 bits per heavy atom. The molecule has 0 bridgehead atoms. The third kappa shape index (κ3) is 15.2. The number of carbonyl (C=O) groups is 1. The first-order valence-electron chi connectivity index (χ1n) is 5.43. The zero-order valence-corrected chi connectivity index (χ0v) is 13.7. The van der Waals surface area contributed by atoms with Crippen LogP contribution >= 0.6 is 0 Å². The third-order valence-corrected chi connectivity index (χ3v) is 2.07. The van der Waals surface area contributed by atoms with Crippen LogP contribution in [0.25, 0.3) is 0 Å². The predicted molar refractivity (Wildman–Crippen MR) is 78.8 cm³/mol. The second-order valence-electron chi connectivity index (χ2n) is 4.01. The van der Waals surface area contributed by atoms with Crippen molar-refractivity contribution in [3.63, 3.8) is 0 Å². The van der Waals surface area contributed by atoms with E-state index in [1.807, 2.05) is 17.8 Å². The molecule has 13 heteroatoms. The normalized spacial score (nSPS) is 11.5. The fourth-order valence-corrected chi connectivity index (χ4v) is 1.26. The largest absolute Gasteiger partial charge is 0.480 e. The van der Waals surface area contributed by atoms with Gasteiger partial charge in [0, 0.05) is 19.7 Å². The minimum absolute atomic E-state index is 0.434. The van der Waals surface area contributed by atoms with Crippen LogP contribution in [0.3, 0.4) is 0 Å². The van der Waals surface area contributed by atoms with Crippen molar-refractivity contribution in [1.29, 1.82) is 0 Å². The van der Waals surface area contributed by atoms with Crippen LogP contribution in [0.4, 0.5) is 0 Å². The lowest BCUT2D eigenvalue weighted by Gasteiger charge is -2.18. The number of imidazole rings is 1. The second kappa shape index (κ2) is 12.3. The van der Waals surface area contributed by atoms with E-state index in [4.69, 9.17) is 31.7 Å². The van der Waals surface area contributed by atoms with Gasteiger partial charge in [-0.25, -0.2) is 4.98 Å². The lowest BCUT2D eigenvalue weighted by atomic mass is 10.1. The maximum atomic E-state index is 10.9. The highest BCUT2D eigenvalue weighted by atomic mass is 32.2. The van der Waals surface area contributed by atoms with Crippen LogP contribution in [0.5, 0.6) is 0 Å². The van der Waals surface area contributed by atoms with Crippen LogP contribution in [0, 0.1) is 0 Å². The Bertz CT molecular complexity index is 473. The van der Waals surface area contributed by atoms with Crippen molar-refractivity contribution < 1.29 is 36.5 Å². The zero-order chi connectivity index (χ0) is 17.9. The molecule has 0 amide bonds. The van der Waals surface area contributed by atoms with Gasteiger partial charge in [-0.3, -0.25) is 27.9 Å². The standard InChI is InChI=1S/C9H15N3O2.2H2O3S/c1-11(2)8(9(13)14)4-7-5-12(3)6-10-7;2*1-4(2)3/h5-6,8H,4H2,1-3H3,(H,13,14);2*(H2,1,2,3). The fourth-order valence-electron chi connectivity index (χ4n) is 1.26. The van der Waals surface area contributed by atoms with Crippen molar-refractivity contribution in [3.8, 4) is 0 Å². The Balaban J connectivity index is 0. The van der Waals surface area contributed by atoms with E-state index in [1.54, 1.807) is 25.3 Å². The van der Waals surface area contributed by atoms with Crippen molar-refractivity contribution in [2.45, 2.75) is 12.5 Å². The summed E-state index contributed by atoms with van der Waals surface area (Å²) in [6.07, 6.45) is 3.94. The topological polar surface area (TPSA) is 173 Å². The Kier molecular flexibility index (Phi) is 12.9. The molecule has 0 aliphatic rings. The molecule has 0 spiro atoms. The predicted octanol–water partition coefficient (Wildman–Crippen LogP) is -0.660. The first kappa shape index (κ1) is 23.1. The van der Waals surface area contributed by atoms with Crippen molar-refractivity contribution in [2.24, 2.45) is 7.05 Å². The first-order chi connectivity index (χ1) is 9.97. The fraction of sp³-hybridized carbons (Fsp3) is 0.556. The van der Waals surface area contributed by atoms with Crippen LogP contribution in [0.2, 0.25) is 0 Å². The number of hydrogen-bond donors (Lipinski definition) is 5. The summed E-state index contributed by atoms with van der Waals surface area (Å²) in [7, 11) is 5.37. The SMILES string of the molecule is CN(C)C(Cc1cn(C)cn1)C(=O)O.O=S(O)O.O=S(O)O. The number of nitrogens with zero attached hydrogens (tertiary/aromatic N) is 3. The summed E-state index contributed by atoms with van der Waals surface area (Å²) >= 11 is -5.22. The third-order valence-electron chi connectivity index (χ3n) is 2.07. The van der Waals surface area contributed by atoms with Gasteiger partial charge >= 0.3 is 5.97 Å². The van der Waals surface area contributed by atoms with Crippen LogP contribution in [0.15, 0.2) is 12.5 Å². The molecule has 11 nitrogen and oxygen atoms in total. The summed E-state index contributed by atoms with van der Waals surface area (Å²) in [6.45, 7) is 0. The smallest absolute Gasteiger partial charge is 0.321 e. The van der Waals surface area contributed by atoms with E-state index in [-0.39, 0.29) is 0 Å². The number of carboxylic acids is 1. The minimum Gasteiger partial charge on any atom is -0.480 e. The van der Waals surface area contributed by atoms with Gasteiger partial charge in [-0.05, 0) is 14.1 Å². The summed E-state index contributed by atoms with van der Waals surface area (Å²) in [5.41, 5.74) is 0.800. The molecule has 0 aromatic carbocycles. The molecule has 1 aromatic rings. The highest BCUT2D eigenvalue weighted by molar-refractivity contribution is 7.73. The van der Waals surface area contributed by atoms with E-state index in [9.17, 15) is 4.79 Å². The van der Waals surface area contributed by atoms with Gasteiger partial charge in [0.15, 0.2) is 0 Å². The van der Waals surface area contributed by atoms with Crippen molar-refractivity contribution in [3.05, 3.63) is 18.2 Å². The number of aliphatic carboxylic acids is 1. The number of hydrogen-bond acceptors (Lipinski definition) is 5. The molecule has 1 aromatic heterocycles. The maximum absolute atomic E-state index is 10.9. The van der Waals surface area contributed by atoms with Gasteiger partial charge in [0.25, 0.3) is 22.7 Å². The molecule has 5 N–H and O–H groups in total. The number of aryl methyl sites for hydroxylation is 1. The van der Waals surface area contributed by atoms with E-state index in [0.717, 1.165) is 5.69 Å². The van der Waals surface area contributed by atoms with Crippen LogP contribution in [-0.4, -0.2) is 72.3 Å². The number of carboxylic acid groups (broad SMARTS) is 1. The summed E-state index contributed by atoms with van der Waals surface area (Å²) in [4.78, 5) is 16.6. The highest BCUT2D eigenvalue weighted by Crippen LogP contribution is 2.04. The van der Waals surface area contributed by atoms with Crippen molar-refractivity contribution in [1.82, 2.24) is 14.5 Å². The average Bonchev–Trinajstić information content (AvgIpc) is 2.69. The maximum Gasteiger partial charge on any atom is 0.321 e. The lowest BCUT2D eigenvalue weighted by molar-refractivity contribution is -0.142. The Hall–Kier alpha value is -1.22. The van der Waals surface area contributed by atoms with Crippen LogP contribution in [0.1, 0.15) is 5.69 Å². The van der Waals surface area contributed by atoms with Crippen molar-refractivity contribution in [2.75, 3.05) is 14.1 Å². The second-order valence-corrected chi connectivity index (χ2v) is 4.94. The Morgan fingerprint density at radius 2 is 1.68 bits per heavy atom. The number of likely N-dealkylation sites (N-methyl/N-ethyl adjacent to an activating group) is 1. The van der Waals surface area contributed by atoms with E-state index >= 15 is 0 Å². The zero-order valence-electron chi connectivity index (χ0n) is 12.1. The van der Waals surface area contributed by atoms with Crippen molar-refractivity contribution >= 4 is 28.7 Å². The Labute approximate surface area is 132 Å². The number of rotatable bonds is 4. The van der Waals surface area contributed by atoms with Gasteiger partial charge < -0.3 is 9.67 Å². The van der Waals surface area contributed by atoms with E-state index in [0.29, 0.717) is 6.42 Å². The molecule has 0 aliphatic carbocycles. The molecule has 0 saturated heterocycles. The molecule has 0 saturated carbocycles. The Morgan fingerprint density at radius 1 is 1.27 bits per heavy atom. The molecule has 1 unspecified atom stereocenters.